The second-order valence-corrected chi connectivity index (χ2v) is 4.34. The van der Waals surface area contributed by atoms with Crippen molar-refractivity contribution in [3.8, 4) is 0 Å². The Morgan fingerprint density at radius 2 is 2.24 bits per heavy atom. The zero-order valence-electron chi connectivity index (χ0n) is 10.3. The molecule has 17 heavy (non-hydrogen) atoms. The molecule has 0 aliphatic heterocycles. The summed E-state index contributed by atoms with van der Waals surface area (Å²) in [5.74, 6) is 0.493. The summed E-state index contributed by atoms with van der Waals surface area (Å²) >= 11 is 0. The largest absolute Gasteiger partial charge is 0.384 e. The molecule has 3 nitrogen and oxygen atoms in total. The van der Waals surface area contributed by atoms with Gasteiger partial charge in [0, 0.05) is 37.1 Å². The van der Waals surface area contributed by atoms with Gasteiger partial charge in [0.1, 0.15) is 0 Å². The van der Waals surface area contributed by atoms with Crippen molar-refractivity contribution in [1.29, 1.82) is 0 Å². The minimum absolute atomic E-state index is 0.493. The van der Waals surface area contributed by atoms with Crippen LogP contribution in [-0.2, 0) is 4.74 Å². The van der Waals surface area contributed by atoms with Crippen LogP contribution in [0, 0.1) is 5.92 Å². The fourth-order valence-electron chi connectivity index (χ4n) is 1.90. The topological polar surface area (TPSA) is 34.1 Å². The highest BCUT2D eigenvalue weighted by Crippen LogP contribution is 2.22. The summed E-state index contributed by atoms with van der Waals surface area (Å²) in [5, 5.41) is 5.83. The predicted octanol–water partition coefficient (Wildman–Crippen LogP) is 2.93. The van der Waals surface area contributed by atoms with Crippen LogP contribution >= 0.6 is 0 Å². The van der Waals surface area contributed by atoms with E-state index in [0.717, 1.165) is 18.8 Å². The van der Waals surface area contributed by atoms with Gasteiger partial charge in [-0.2, -0.15) is 0 Å². The minimum atomic E-state index is 0.493. The molecule has 3 heteroatoms. The Kier molecular flexibility index (Phi) is 3.94. The van der Waals surface area contributed by atoms with Crippen molar-refractivity contribution < 1.29 is 4.74 Å². The SMILES string of the molecule is COCC(C)CNc1cccc2ccncc12. The Balaban J connectivity index is 2.13. The van der Waals surface area contributed by atoms with E-state index in [1.54, 1.807) is 7.11 Å². The number of aromatic nitrogens is 1. The number of hydrogen-bond acceptors (Lipinski definition) is 3. The van der Waals surface area contributed by atoms with Crippen LogP contribution in [0.2, 0.25) is 0 Å². The van der Waals surface area contributed by atoms with Gasteiger partial charge in [0.25, 0.3) is 0 Å². The highest BCUT2D eigenvalue weighted by molar-refractivity contribution is 5.93. The number of nitrogens with zero attached hydrogens (tertiary/aromatic N) is 1. The van der Waals surface area contributed by atoms with Gasteiger partial charge in [0.05, 0.1) is 6.61 Å². The van der Waals surface area contributed by atoms with Crippen LogP contribution in [0.25, 0.3) is 10.8 Å². The van der Waals surface area contributed by atoms with Gasteiger partial charge >= 0.3 is 0 Å². The average Bonchev–Trinajstić information content (AvgIpc) is 2.36. The molecule has 2 rings (SSSR count). The molecule has 0 fully saturated rings. The molecule has 0 bridgehead atoms. The van der Waals surface area contributed by atoms with Crippen LogP contribution in [0.4, 0.5) is 5.69 Å². The molecule has 0 aliphatic rings. The number of nitrogens with one attached hydrogen (secondary N) is 1. The highest BCUT2D eigenvalue weighted by atomic mass is 16.5. The molecule has 1 N–H and O–H groups in total. The minimum Gasteiger partial charge on any atom is -0.384 e. The first-order valence-electron chi connectivity index (χ1n) is 5.87. The normalized spacial score (nSPS) is 12.6. The van der Waals surface area contributed by atoms with Gasteiger partial charge in [0.15, 0.2) is 0 Å². The molecule has 0 aliphatic carbocycles. The predicted molar refractivity (Wildman–Crippen MR) is 71.3 cm³/mol. The molecule has 0 amide bonds. The summed E-state index contributed by atoms with van der Waals surface area (Å²) in [6.07, 6.45) is 3.72. The van der Waals surface area contributed by atoms with E-state index in [4.69, 9.17) is 4.74 Å². The molecule has 1 atom stereocenters. The summed E-state index contributed by atoms with van der Waals surface area (Å²) in [6.45, 7) is 3.84. The average molecular weight is 230 g/mol. The Hall–Kier alpha value is -1.61. The maximum Gasteiger partial charge on any atom is 0.0504 e. The van der Waals surface area contributed by atoms with E-state index in [1.165, 1.54) is 10.8 Å². The third-order valence-electron chi connectivity index (χ3n) is 2.78. The lowest BCUT2D eigenvalue weighted by Crippen LogP contribution is -2.15. The summed E-state index contributed by atoms with van der Waals surface area (Å²) in [6, 6.07) is 8.27. The number of methoxy groups -OCH3 is 1. The van der Waals surface area contributed by atoms with E-state index in [2.05, 4.69) is 35.4 Å². The molecular formula is C14H18N2O. The maximum atomic E-state index is 5.13. The van der Waals surface area contributed by atoms with E-state index in [0.29, 0.717) is 5.92 Å². The Bertz CT molecular complexity index is 479. The third-order valence-corrected chi connectivity index (χ3v) is 2.78. The standard InChI is InChI=1S/C14H18N2O/c1-11(10-17-2)8-16-14-5-3-4-12-6-7-15-9-13(12)14/h3-7,9,11,16H,8,10H2,1-2H3. The van der Waals surface area contributed by atoms with Gasteiger partial charge < -0.3 is 10.1 Å². The molecule has 0 saturated heterocycles. The molecule has 1 heterocycles. The first-order valence-corrected chi connectivity index (χ1v) is 5.87. The number of rotatable bonds is 5. The van der Waals surface area contributed by atoms with E-state index in [-0.39, 0.29) is 0 Å². The van der Waals surface area contributed by atoms with Crippen LogP contribution in [0.5, 0.6) is 0 Å². The van der Waals surface area contributed by atoms with Crippen molar-refractivity contribution in [3.05, 3.63) is 36.7 Å². The lowest BCUT2D eigenvalue weighted by Gasteiger charge is -2.14. The highest BCUT2D eigenvalue weighted by Gasteiger charge is 2.03. The quantitative estimate of drug-likeness (QED) is 0.857. The zero-order chi connectivity index (χ0) is 12.1. The first kappa shape index (κ1) is 11.9. The summed E-state index contributed by atoms with van der Waals surface area (Å²) in [4.78, 5) is 4.17. The second-order valence-electron chi connectivity index (χ2n) is 4.34. The molecule has 1 aromatic carbocycles. The number of hydrogen-bond donors (Lipinski definition) is 1. The fourth-order valence-corrected chi connectivity index (χ4v) is 1.90. The van der Waals surface area contributed by atoms with Crippen LogP contribution in [0.3, 0.4) is 0 Å². The van der Waals surface area contributed by atoms with Crippen molar-refractivity contribution in [2.45, 2.75) is 6.92 Å². The molecule has 1 aromatic heterocycles. The zero-order valence-corrected chi connectivity index (χ0v) is 10.3. The number of fused-ring (bicyclic) bond motifs is 1. The van der Waals surface area contributed by atoms with E-state index < -0.39 is 0 Å². The maximum absolute atomic E-state index is 5.13. The van der Waals surface area contributed by atoms with Crippen molar-refractivity contribution in [2.24, 2.45) is 5.92 Å². The molecule has 2 aromatic rings. The monoisotopic (exact) mass is 230 g/mol. The summed E-state index contributed by atoms with van der Waals surface area (Å²) in [5.41, 5.74) is 1.14. The van der Waals surface area contributed by atoms with Gasteiger partial charge in [0.2, 0.25) is 0 Å². The van der Waals surface area contributed by atoms with Gasteiger partial charge in [-0.1, -0.05) is 19.1 Å². The van der Waals surface area contributed by atoms with Crippen molar-refractivity contribution >= 4 is 16.5 Å². The molecule has 1 unspecified atom stereocenters. The van der Waals surface area contributed by atoms with E-state index in [9.17, 15) is 0 Å². The van der Waals surface area contributed by atoms with Crippen LogP contribution in [0.15, 0.2) is 36.7 Å². The summed E-state index contributed by atoms with van der Waals surface area (Å²) in [7, 11) is 1.73. The van der Waals surface area contributed by atoms with Crippen molar-refractivity contribution in [1.82, 2.24) is 4.98 Å². The molecule has 0 radical (unpaired) electrons. The van der Waals surface area contributed by atoms with E-state index >= 15 is 0 Å². The van der Waals surface area contributed by atoms with Crippen molar-refractivity contribution in [3.63, 3.8) is 0 Å². The third kappa shape index (κ3) is 2.94. The molecular weight excluding hydrogens is 212 g/mol. The number of anilines is 1. The number of ether oxygens (including phenoxy) is 1. The fraction of sp³-hybridized carbons (Fsp3) is 0.357. The number of pyridine rings is 1. The molecule has 0 spiro atoms. The molecule has 90 valence electrons. The smallest absolute Gasteiger partial charge is 0.0504 e. The van der Waals surface area contributed by atoms with Crippen LogP contribution < -0.4 is 5.32 Å². The van der Waals surface area contributed by atoms with Crippen LogP contribution in [-0.4, -0.2) is 25.2 Å². The van der Waals surface area contributed by atoms with Gasteiger partial charge in [-0.3, -0.25) is 4.98 Å². The Labute approximate surface area is 102 Å². The second kappa shape index (κ2) is 5.64. The Morgan fingerprint density at radius 1 is 1.35 bits per heavy atom. The first-order chi connectivity index (χ1) is 8.31. The van der Waals surface area contributed by atoms with Crippen molar-refractivity contribution in [2.75, 3.05) is 25.6 Å². The lowest BCUT2D eigenvalue weighted by atomic mass is 10.1. The van der Waals surface area contributed by atoms with Crippen LogP contribution in [0.1, 0.15) is 6.92 Å². The number of benzene rings is 1. The van der Waals surface area contributed by atoms with Gasteiger partial charge in [-0.15, -0.1) is 0 Å². The summed E-state index contributed by atoms with van der Waals surface area (Å²) < 4.78 is 5.13. The Morgan fingerprint density at radius 3 is 3.06 bits per heavy atom. The molecule has 0 saturated carbocycles. The van der Waals surface area contributed by atoms with Gasteiger partial charge in [-0.05, 0) is 23.4 Å². The van der Waals surface area contributed by atoms with Gasteiger partial charge in [-0.25, -0.2) is 0 Å². The van der Waals surface area contributed by atoms with E-state index in [1.807, 2.05) is 18.5 Å². The lowest BCUT2D eigenvalue weighted by molar-refractivity contribution is 0.164.